The highest BCUT2D eigenvalue weighted by Gasteiger charge is 2.34. The van der Waals surface area contributed by atoms with E-state index in [-0.39, 0.29) is 24.1 Å². The highest BCUT2D eigenvalue weighted by molar-refractivity contribution is 5.82. The monoisotopic (exact) mass is 350 g/mol. The van der Waals surface area contributed by atoms with E-state index < -0.39 is 11.8 Å². The Morgan fingerprint density at radius 1 is 0.880 bits per heavy atom. The SMILES string of the molecule is CC=CCC(C(=O)OC1CCCCC1)C(C)C(=O)OC1CCCCC1. The van der Waals surface area contributed by atoms with Crippen molar-refractivity contribution in [1.29, 1.82) is 0 Å². The Hall–Kier alpha value is -1.32. The molecule has 25 heavy (non-hydrogen) atoms. The summed E-state index contributed by atoms with van der Waals surface area (Å²) in [6, 6.07) is 0. The lowest BCUT2D eigenvalue weighted by Crippen LogP contribution is -2.35. The second-order valence-corrected chi connectivity index (χ2v) is 7.59. The van der Waals surface area contributed by atoms with Crippen LogP contribution in [0.25, 0.3) is 0 Å². The molecule has 0 amide bonds. The molecule has 2 fully saturated rings. The summed E-state index contributed by atoms with van der Waals surface area (Å²) in [6.07, 6.45) is 15.2. The zero-order valence-corrected chi connectivity index (χ0v) is 15.9. The molecule has 0 aromatic rings. The van der Waals surface area contributed by atoms with Crippen LogP contribution in [-0.4, -0.2) is 24.1 Å². The van der Waals surface area contributed by atoms with E-state index in [1.807, 2.05) is 26.0 Å². The van der Waals surface area contributed by atoms with Crippen molar-refractivity contribution in [2.75, 3.05) is 0 Å². The maximum Gasteiger partial charge on any atom is 0.310 e. The van der Waals surface area contributed by atoms with Crippen molar-refractivity contribution in [3.8, 4) is 0 Å². The molecule has 142 valence electrons. The second-order valence-electron chi connectivity index (χ2n) is 7.59. The number of allylic oxidation sites excluding steroid dienone is 2. The van der Waals surface area contributed by atoms with Gasteiger partial charge >= 0.3 is 11.9 Å². The Morgan fingerprint density at radius 2 is 1.36 bits per heavy atom. The molecule has 0 heterocycles. The van der Waals surface area contributed by atoms with E-state index in [9.17, 15) is 9.59 Å². The molecule has 0 spiro atoms. The minimum absolute atomic E-state index is 0.0240. The van der Waals surface area contributed by atoms with E-state index in [1.54, 1.807) is 0 Å². The Balaban J connectivity index is 1.93. The number of hydrogen-bond donors (Lipinski definition) is 0. The molecule has 2 unspecified atom stereocenters. The first-order valence-corrected chi connectivity index (χ1v) is 10.1. The highest BCUT2D eigenvalue weighted by Crippen LogP contribution is 2.27. The average molecular weight is 350 g/mol. The fourth-order valence-corrected chi connectivity index (χ4v) is 3.84. The quantitative estimate of drug-likeness (QED) is 0.481. The Bertz CT molecular complexity index is 445. The predicted octanol–water partition coefficient (Wildman–Crippen LogP) is 4.96. The normalized spacial score (nSPS) is 22.5. The third-order valence-electron chi connectivity index (χ3n) is 5.57. The molecular weight excluding hydrogens is 316 g/mol. The van der Waals surface area contributed by atoms with Gasteiger partial charge in [-0.25, -0.2) is 0 Å². The van der Waals surface area contributed by atoms with Gasteiger partial charge < -0.3 is 9.47 Å². The van der Waals surface area contributed by atoms with Gasteiger partial charge in [-0.05, 0) is 64.7 Å². The molecule has 0 saturated heterocycles. The molecule has 2 aliphatic rings. The lowest BCUT2D eigenvalue weighted by atomic mass is 9.90. The fourth-order valence-electron chi connectivity index (χ4n) is 3.84. The molecule has 2 aliphatic carbocycles. The van der Waals surface area contributed by atoms with Crippen LogP contribution in [0.5, 0.6) is 0 Å². The van der Waals surface area contributed by atoms with Gasteiger partial charge in [0.15, 0.2) is 0 Å². The van der Waals surface area contributed by atoms with Gasteiger partial charge in [-0.3, -0.25) is 9.59 Å². The lowest BCUT2D eigenvalue weighted by Gasteiger charge is -2.28. The number of rotatable bonds is 7. The molecule has 0 aliphatic heterocycles. The van der Waals surface area contributed by atoms with Crippen LogP contribution in [0.3, 0.4) is 0 Å². The van der Waals surface area contributed by atoms with Crippen LogP contribution in [-0.2, 0) is 19.1 Å². The van der Waals surface area contributed by atoms with Gasteiger partial charge in [0.1, 0.15) is 12.2 Å². The Kier molecular flexibility index (Phi) is 8.50. The first-order valence-electron chi connectivity index (χ1n) is 10.1. The summed E-state index contributed by atoms with van der Waals surface area (Å²) in [5, 5.41) is 0. The third-order valence-corrected chi connectivity index (χ3v) is 5.57. The minimum Gasteiger partial charge on any atom is -0.462 e. The Labute approximate surface area is 152 Å². The van der Waals surface area contributed by atoms with Crippen LogP contribution in [0.2, 0.25) is 0 Å². The first-order chi connectivity index (χ1) is 12.1. The maximum absolute atomic E-state index is 12.7. The summed E-state index contributed by atoms with van der Waals surface area (Å²) in [4.78, 5) is 25.2. The molecule has 2 rings (SSSR count). The smallest absolute Gasteiger partial charge is 0.310 e. The second kappa shape index (κ2) is 10.6. The van der Waals surface area contributed by atoms with E-state index >= 15 is 0 Å². The van der Waals surface area contributed by atoms with Gasteiger partial charge in [0.2, 0.25) is 0 Å². The van der Waals surface area contributed by atoms with Crippen LogP contribution in [0.1, 0.15) is 84.5 Å². The van der Waals surface area contributed by atoms with Gasteiger partial charge in [0.25, 0.3) is 0 Å². The minimum atomic E-state index is -0.464. The van der Waals surface area contributed by atoms with Gasteiger partial charge in [-0.2, -0.15) is 0 Å². The summed E-state index contributed by atoms with van der Waals surface area (Å²) in [5.74, 6) is -1.40. The van der Waals surface area contributed by atoms with Crippen LogP contribution in [0.15, 0.2) is 12.2 Å². The highest BCUT2D eigenvalue weighted by atomic mass is 16.6. The van der Waals surface area contributed by atoms with Crippen molar-refractivity contribution in [2.45, 2.75) is 96.7 Å². The molecule has 4 nitrogen and oxygen atoms in total. The lowest BCUT2D eigenvalue weighted by molar-refractivity contribution is -0.167. The van der Waals surface area contributed by atoms with Crippen molar-refractivity contribution >= 4 is 11.9 Å². The van der Waals surface area contributed by atoms with Gasteiger partial charge in [-0.15, -0.1) is 0 Å². The van der Waals surface area contributed by atoms with Crippen LogP contribution >= 0.6 is 0 Å². The van der Waals surface area contributed by atoms with Gasteiger partial charge in [0, 0.05) is 0 Å². The third kappa shape index (κ3) is 6.48. The first kappa shape index (κ1) is 20.0. The molecule has 2 atom stereocenters. The zero-order valence-electron chi connectivity index (χ0n) is 15.9. The fraction of sp³-hybridized carbons (Fsp3) is 0.810. The van der Waals surface area contributed by atoms with Crippen molar-refractivity contribution in [2.24, 2.45) is 11.8 Å². The number of hydrogen-bond acceptors (Lipinski definition) is 4. The summed E-state index contributed by atoms with van der Waals surface area (Å²) in [7, 11) is 0. The molecule has 0 aromatic heterocycles. The molecule has 0 bridgehead atoms. The van der Waals surface area contributed by atoms with Gasteiger partial charge in [0.05, 0.1) is 11.8 Å². The molecule has 2 saturated carbocycles. The molecule has 0 radical (unpaired) electrons. The van der Waals surface area contributed by atoms with Gasteiger partial charge in [-0.1, -0.05) is 31.9 Å². The summed E-state index contributed by atoms with van der Waals surface area (Å²) in [6.45, 7) is 3.73. The van der Waals surface area contributed by atoms with Crippen molar-refractivity contribution < 1.29 is 19.1 Å². The van der Waals surface area contributed by atoms with Crippen molar-refractivity contribution in [3.63, 3.8) is 0 Å². The predicted molar refractivity (Wildman–Crippen MR) is 98.0 cm³/mol. The molecule has 0 N–H and O–H groups in total. The van der Waals surface area contributed by atoms with E-state index in [0.717, 1.165) is 51.4 Å². The molecular formula is C21H34O4. The van der Waals surface area contributed by atoms with E-state index in [2.05, 4.69) is 0 Å². The number of carbonyl (C=O) groups excluding carboxylic acids is 2. The maximum atomic E-state index is 12.7. The van der Waals surface area contributed by atoms with Crippen LogP contribution < -0.4 is 0 Å². The number of esters is 2. The average Bonchev–Trinajstić information content (AvgIpc) is 2.63. The van der Waals surface area contributed by atoms with Crippen LogP contribution in [0, 0.1) is 11.8 Å². The van der Waals surface area contributed by atoms with E-state index in [0.29, 0.717) is 6.42 Å². The van der Waals surface area contributed by atoms with E-state index in [1.165, 1.54) is 12.8 Å². The Morgan fingerprint density at radius 3 is 1.84 bits per heavy atom. The number of carbonyl (C=O) groups is 2. The van der Waals surface area contributed by atoms with Crippen molar-refractivity contribution in [1.82, 2.24) is 0 Å². The molecule has 0 aromatic carbocycles. The largest absolute Gasteiger partial charge is 0.462 e. The summed E-state index contributed by atoms with van der Waals surface area (Å²) in [5.41, 5.74) is 0. The topological polar surface area (TPSA) is 52.6 Å². The zero-order chi connectivity index (χ0) is 18.1. The van der Waals surface area contributed by atoms with Crippen LogP contribution in [0.4, 0.5) is 0 Å². The standard InChI is InChI=1S/C21H34O4/c1-3-4-15-19(21(23)25-18-13-9-6-10-14-18)16(2)20(22)24-17-11-7-5-8-12-17/h3-4,16-19H,5-15H2,1-2H3. The number of ether oxygens (including phenoxy) is 2. The molecule has 4 heteroatoms. The summed E-state index contributed by atoms with van der Waals surface area (Å²) >= 11 is 0. The van der Waals surface area contributed by atoms with E-state index in [4.69, 9.17) is 9.47 Å². The summed E-state index contributed by atoms with van der Waals surface area (Å²) < 4.78 is 11.4. The van der Waals surface area contributed by atoms with Crippen molar-refractivity contribution in [3.05, 3.63) is 12.2 Å².